The molecule has 1 fully saturated rings. The van der Waals surface area contributed by atoms with E-state index in [1.54, 1.807) is 12.1 Å². The second-order valence-electron chi connectivity index (χ2n) is 6.55. The van der Waals surface area contributed by atoms with Crippen LogP contribution in [0.3, 0.4) is 0 Å². The van der Waals surface area contributed by atoms with Gasteiger partial charge in [-0.15, -0.1) is 0 Å². The molecule has 2 aromatic rings. The molecule has 0 bridgehead atoms. The van der Waals surface area contributed by atoms with E-state index >= 15 is 0 Å². The first-order valence-electron chi connectivity index (χ1n) is 10.3. The van der Waals surface area contributed by atoms with Gasteiger partial charge in [-0.25, -0.2) is 0 Å². The summed E-state index contributed by atoms with van der Waals surface area (Å²) in [5.74, 6) is -0.0108. The monoisotopic (exact) mass is 503 g/mol. The van der Waals surface area contributed by atoms with Crippen LogP contribution in [0.1, 0.15) is 9.68 Å². The van der Waals surface area contributed by atoms with Gasteiger partial charge in [0.05, 0.1) is 17.8 Å². The largest absolute Gasteiger partial charge is 1.00 e. The van der Waals surface area contributed by atoms with Crippen molar-refractivity contribution in [3.8, 4) is 5.75 Å². The summed E-state index contributed by atoms with van der Waals surface area (Å²) < 4.78 is 69.3. The minimum atomic E-state index is -5.25. The number of hydrogen-bond donors (Lipinski definition) is 5. The first-order chi connectivity index (χ1) is 15.8. The number of aliphatic hydroxyl groups excluding tert-OH is 4. The van der Waals surface area contributed by atoms with Crippen molar-refractivity contribution in [2.75, 3.05) is 13.6 Å². The Hall–Kier alpha value is -0.910. The number of aliphatic hydroxyl groups is 4. The van der Waals surface area contributed by atoms with Crippen LogP contribution < -0.4 is 34.3 Å². The number of H-pyrrole nitrogens is 1. The minimum absolute atomic E-state index is 0. The number of aromatic amines is 1. The molecule has 1 aliphatic heterocycles. The first kappa shape index (κ1) is 22.9. The molecular formula is C17H21N2NaO10S2. The van der Waals surface area contributed by atoms with Crippen LogP contribution in [0.2, 0.25) is 0 Å². The molecule has 0 spiro atoms. The van der Waals surface area contributed by atoms with Gasteiger partial charge in [0.2, 0.25) is 0 Å². The van der Waals surface area contributed by atoms with Gasteiger partial charge in [-0.1, -0.05) is 23.0 Å². The number of nitrogens with zero attached hydrogens (tertiary/aromatic N) is 1. The molecule has 12 nitrogen and oxygen atoms in total. The number of aromatic nitrogens is 1. The van der Waals surface area contributed by atoms with Crippen molar-refractivity contribution in [2.24, 2.45) is 5.16 Å². The number of oxime groups is 1. The smallest absolute Gasteiger partial charge is 0.714 e. The molecule has 0 aliphatic carbocycles. The Balaban J connectivity index is 0.00000432. The summed E-state index contributed by atoms with van der Waals surface area (Å²) in [6, 6.07) is 4.59. The van der Waals surface area contributed by atoms with Crippen molar-refractivity contribution in [2.45, 2.75) is 36.3 Å². The van der Waals surface area contributed by atoms with Crippen molar-refractivity contribution < 1.29 is 80.8 Å². The van der Waals surface area contributed by atoms with E-state index in [1.165, 1.54) is 12.3 Å². The third-order valence-corrected chi connectivity index (χ3v) is 5.90. The zero-order valence-electron chi connectivity index (χ0n) is 19.6. The topological polar surface area (TPSA) is 194 Å². The fourth-order valence-electron chi connectivity index (χ4n) is 3.09. The molecule has 3 rings (SSSR count). The van der Waals surface area contributed by atoms with E-state index in [4.69, 9.17) is 13.6 Å². The summed E-state index contributed by atoms with van der Waals surface area (Å²) in [6.45, 7) is -0.696. The number of hydrogen-bond acceptors (Lipinski definition) is 12. The summed E-state index contributed by atoms with van der Waals surface area (Å²) in [7, 11) is -8.01. The van der Waals surface area contributed by atoms with Crippen molar-refractivity contribution >= 4 is 38.1 Å². The van der Waals surface area contributed by atoms with Crippen molar-refractivity contribution in [1.82, 2.24) is 4.98 Å². The van der Waals surface area contributed by atoms with Gasteiger partial charge >= 0.3 is 29.6 Å². The van der Waals surface area contributed by atoms with Crippen LogP contribution in [0.25, 0.3) is 10.9 Å². The van der Waals surface area contributed by atoms with Gasteiger partial charge in [0, 0.05) is 23.5 Å². The third-order valence-electron chi connectivity index (χ3n) is 4.53. The maximum Gasteiger partial charge on any atom is 1.00 e. The number of nitrogens with one attached hydrogen (secondary N) is 1. The van der Waals surface area contributed by atoms with Gasteiger partial charge < -0.3 is 39.4 Å². The number of fused-ring (bicyclic) bond motifs is 1. The number of benzene rings is 1. The number of methoxy groups -OCH3 is 1. The molecule has 5 atom stereocenters. The molecule has 0 amide bonds. The molecule has 0 saturated carbocycles. The van der Waals surface area contributed by atoms with Crippen LogP contribution in [0.5, 0.6) is 5.75 Å². The molecule has 1 aromatic heterocycles. The summed E-state index contributed by atoms with van der Waals surface area (Å²) in [5.41, 5.74) is -0.514. The third kappa shape index (κ3) is 6.36. The Morgan fingerprint density at radius 2 is 2.09 bits per heavy atom. The number of thioether (sulfide) groups is 1. The first-order valence-corrected chi connectivity index (χ1v) is 11.0. The predicted octanol–water partition coefficient (Wildman–Crippen LogP) is -3.95. The van der Waals surface area contributed by atoms with Crippen LogP contribution >= 0.6 is 11.8 Å². The second-order valence-corrected chi connectivity index (χ2v) is 8.69. The van der Waals surface area contributed by atoms with Gasteiger partial charge in [0.1, 0.15) is 40.6 Å². The summed E-state index contributed by atoms with van der Waals surface area (Å²) in [6.07, 6.45) is -5.05. The van der Waals surface area contributed by atoms with Crippen LogP contribution in [-0.4, -0.2) is 86.9 Å². The summed E-state index contributed by atoms with van der Waals surface area (Å²) in [5, 5.41) is 42.9. The zero-order chi connectivity index (χ0) is 25.3. The molecule has 2 heterocycles. The minimum Gasteiger partial charge on any atom is -0.714 e. The van der Waals surface area contributed by atoms with Crippen LogP contribution in [0.15, 0.2) is 29.6 Å². The molecule has 5 N–H and O–H groups in total. The molecule has 1 saturated heterocycles. The van der Waals surface area contributed by atoms with Crippen LogP contribution in [-0.2, 0) is 25.8 Å². The molecular weight excluding hydrogens is 479 g/mol. The van der Waals surface area contributed by atoms with E-state index in [2.05, 4.69) is 14.4 Å². The summed E-state index contributed by atoms with van der Waals surface area (Å²) >= 11 is 0.567. The fraction of sp³-hybridized carbons (Fsp3) is 0.471. The maximum atomic E-state index is 10.9. The van der Waals surface area contributed by atoms with E-state index in [0.717, 1.165) is 0 Å². The fourth-order valence-corrected chi connectivity index (χ4v) is 4.40. The normalized spacial score (nSPS) is 28.3. The maximum absolute atomic E-state index is 10.9. The van der Waals surface area contributed by atoms with Gasteiger partial charge in [0.25, 0.3) is 10.4 Å². The Morgan fingerprint density at radius 1 is 1.34 bits per heavy atom. The number of ether oxygens (including phenoxy) is 2. The quantitative estimate of drug-likeness (QED) is 0.0618. The Labute approximate surface area is 214 Å². The van der Waals surface area contributed by atoms with Crippen molar-refractivity contribution in [3.05, 3.63) is 30.0 Å². The SMILES string of the molecule is [2H]C([2H])([2H])Oc1cccc2[nH]cc(C/C(=N/OS(=O)(=O)[O-])S[C@@H]3O[C@H](CO)[C@@H](O)[C@H](O)[C@H]3O)c12.[Na+]. The van der Waals surface area contributed by atoms with Gasteiger partial charge in [-0.05, 0) is 17.7 Å². The Morgan fingerprint density at radius 3 is 2.75 bits per heavy atom. The van der Waals surface area contributed by atoms with E-state index in [-0.39, 0.29) is 46.8 Å². The van der Waals surface area contributed by atoms with Gasteiger partial charge in [-0.2, -0.15) is 8.42 Å². The predicted molar refractivity (Wildman–Crippen MR) is 108 cm³/mol. The molecule has 1 aromatic carbocycles. The van der Waals surface area contributed by atoms with Crippen molar-refractivity contribution in [3.63, 3.8) is 0 Å². The molecule has 15 heteroatoms. The standard InChI is InChI=1S/C17H22N2O10S2.Na/c1-27-10-4-2-3-9-13(10)8(6-18-9)5-12(19-29-31(24,25)26)30-17-16(23)15(22)14(21)11(7-20)28-17;/h2-4,6,11,14-18,20-23H,5,7H2,1H3,(H,24,25,26);/q;+1/p-1/b19-12-;/t11-,14-,15+,16-,17+;/m1./s1/i1D3;. The van der Waals surface area contributed by atoms with E-state index in [1.807, 2.05) is 0 Å². The number of rotatable bonds is 7. The van der Waals surface area contributed by atoms with E-state index in [0.29, 0.717) is 28.2 Å². The average molecular weight is 504 g/mol. The Kier molecular flexibility index (Phi) is 8.20. The molecule has 32 heavy (non-hydrogen) atoms. The molecule has 1 aliphatic rings. The van der Waals surface area contributed by atoms with Gasteiger partial charge in [0.15, 0.2) is 0 Å². The van der Waals surface area contributed by atoms with Crippen LogP contribution in [0.4, 0.5) is 0 Å². The average Bonchev–Trinajstić information content (AvgIpc) is 3.14. The zero-order valence-corrected chi connectivity index (χ0v) is 20.2. The van der Waals surface area contributed by atoms with Crippen molar-refractivity contribution in [1.29, 1.82) is 0 Å². The molecule has 0 radical (unpaired) electrons. The van der Waals surface area contributed by atoms with E-state index < -0.39 is 53.9 Å². The summed E-state index contributed by atoms with van der Waals surface area (Å²) in [4.78, 5) is 2.90. The van der Waals surface area contributed by atoms with E-state index in [9.17, 15) is 33.4 Å². The second kappa shape index (κ2) is 11.5. The van der Waals surface area contributed by atoms with Crippen LogP contribution in [0, 0.1) is 0 Å². The molecule has 172 valence electrons. The molecule has 0 unspecified atom stereocenters. The van der Waals surface area contributed by atoms with Gasteiger partial charge in [-0.3, -0.25) is 4.28 Å². The Bertz CT molecular complexity index is 1140.